The first-order valence-corrected chi connectivity index (χ1v) is 8.68. The highest BCUT2D eigenvalue weighted by Crippen LogP contribution is 2.37. The van der Waals surface area contributed by atoms with Crippen molar-refractivity contribution in [3.05, 3.63) is 29.6 Å². The molecule has 1 aliphatic heterocycles. The molecule has 6 nitrogen and oxygen atoms in total. The van der Waals surface area contributed by atoms with Gasteiger partial charge in [0.05, 0.1) is 18.3 Å². The first-order valence-electron chi connectivity index (χ1n) is 8.68. The lowest BCUT2D eigenvalue weighted by Gasteiger charge is -2.44. The van der Waals surface area contributed by atoms with Gasteiger partial charge < -0.3 is 25.6 Å². The number of aliphatic hydroxyl groups excluding tert-OH is 2. The summed E-state index contributed by atoms with van der Waals surface area (Å²) in [4.78, 5) is 14.3. The van der Waals surface area contributed by atoms with Crippen LogP contribution in [0.15, 0.2) is 18.2 Å². The Morgan fingerprint density at radius 2 is 2.23 bits per heavy atom. The minimum Gasteiger partial charge on any atom is -0.491 e. The average molecular weight is 391 g/mol. The van der Waals surface area contributed by atoms with E-state index in [1.165, 1.54) is 17.0 Å². The molecule has 1 aromatic rings. The molecular weight excluding hydrogens is 363 g/mol. The van der Waals surface area contributed by atoms with Gasteiger partial charge in [0.2, 0.25) is 0 Å². The first-order chi connectivity index (χ1) is 12.0. The molecule has 1 heterocycles. The molecule has 1 fully saturated rings. The van der Waals surface area contributed by atoms with Crippen molar-refractivity contribution in [3.8, 4) is 5.75 Å². The van der Waals surface area contributed by atoms with Crippen molar-refractivity contribution in [1.82, 2.24) is 4.90 Å². The third kappa shape index (κ3) is 4.85. The van der Waals surface area contributed by atoms with Crippen molar-refractivity contribution in [2.45, 2.75) is 32.3 Å². The summed E-state index contributed by atoms with van der Waals surface area (Å²) in [6, 6.07) is 3.78. The van der Waals surface area contributed by atoms with Crippen LogP contribution in [0.3, 0.4) is 0 Å². The van der Waals surface area contributed by atoms with E-state index in [0.29, 0.717) is 19.4 Å². The van der Waals surface area contributed by atoms with Crippen LogP contribution in [-0.4, -0.2) is 60.0 Å². The Kier molecular flexibility index (Phi) is 8.76. The lowest BCUT2D eigenvalue weighted by molar-refractivity contribution is -0.0713. The zero-order valence-corrected chi connectivity index (χ0v) is 15.8. The van der Waals surface area contributed by atoms with E-state index >= 15 is 0 Å². The van der Waals surface area contributed by atoms with Crippen LogP contribution in [-0.2, 0) is 0 Å². The Hall–Kier alpha value is -1.41. The number of halogens is 2. The standard InChI is InChI=1S/C18H27FN2O4.ClH/c1-2-5-18(12-22)6-8-21(11-16(18)23)17(24)14-10-13(19)3-4-15(14)25-9-7-20;/h3-4,10,16,22-23H,2,5-9,11-12,20H2,1H3;1H/t16-,18+;/m0./s1. The summed E-state index contributed by atoms with van der Waals surface area (Å²) in [5, 5.41) is 20.2. The van der Waals surface area contributed by atoms with E-state index in [1.54, 1.807) is 0 Å². The lowest BCUT2D eigenvalue weighted by atomic mass is 9.73. The van der Waals surface area contributed by atoms with Gasteiger partial charge in [-0.2, -0.15) is 0 Å². The van der Waals surface area contributed by atoms with E-state index in [-0.39, 0.29) is 50.0 Å². The Morgan fingerprint density at radius 3 is 2.81 bits per heavy atom. The highest BCUT2D eigenvalue weighted by Gasteiger charge is 2.42. The van der Waals surface area contributed by atoms with Crippen LogP contribution in [0.2, 0.25) is 0 Å². The van der Waals surface area contributed by atoms with E-state index in [0.717, 1.165) is 12.5 Å². The van der Waals surface area contributed by atoms with E-state index < -0.39 is 23.2 Å². The molecule has 0 bridgehead atoms. The second-order valence-corrected chi connectivity index (χ2v) is 6.57. The third-order valence-corrected chi connectivity index (χ3v) is 4.88. The fourth-order valence-electron chi connectivity index (χ4n) is 3.39. The summed E-state index contributed by atoms with van der Waals surface area (Å²) in [6.07, 6.45) is 1.21. The van der Waals surface area contributed by atoms with Crippen molar-refractivity contribution in [1.29, 1.82) is 0 Å². The van der Waals surface area contributed by atoms with Crippen molar-refractivity contribution in [2.24, 2.45) is 11.1 Å². The number of carbonyl (C=O) groups excluding carboxylic acids is 1. The Balaban J connectivity index is 0.00000338. The Labute approximate surface area is 159 Å². The number of carbonyl (C=O) groups is 1. The van der Waals surface area contributed by atoms with Crippen molar-refractivity contribution < 1.29 is 24.1 Å². The Morgan fingerprint density at radius 1 is 1.50 bits per heavy atom. The maximum atomic E-state index is 13.6. The molecule has 148 valence electrons. The summed E-state index contributed by atoms with van der Waals surface area (Å²) in [6.45, 7) is 2.88. The molecule has 26 heavy (non-hydrogen) atoms. The van der Waals surface area contributed by atoms with Crippen LogP contribution in [0.4, 0.5) is 4.39 Å². The number of nitrogens with zero attached hydrogens (tertiary/aromatic N) is 1. The van der Waals surface area contributed by atoms with Gasteiger partial charge in [-0.15, -0.1) is 12.4 Å². The van der Waals surface area contributed by atoms with Gasteiger partial charge in [-0.05, 0) is 31.0 Å². The molecule has 2 atom stereocenters. The third-order valence-electron chi connectivity index (χ3n) is 4.88. The number of piperidine rings is 1. The summed E-state index contributed by atoms with van der Waals surface area (Å²) in [5.74, 6) is -0.649. The summed E-state index contributed by atoms with van der Waals surface area (Å²) in [7, 11) is 0. The molecule has 0 saturated carbocycles. The molecule has 0 unspecified atom stereocenters. The molecule has 0 aliphatic carbocycles. The van der Waals surface area contributed by atoms with Gasteiger partial charge >= 0.3 is 0 Å². The van der Waals surface area contributed by atoms with Gasteiger partial charge in [-0.3, -0.25) is 4.79 Å². The highest BCUT2D eigenvalue weighted by atomic mass is 35.5. The molecule has 4 N–H and O–H groups in total. The number of hydrogen-bond donors (Lipinski definition) is 3. The largest absolute Gasteiger partial charge is 0.491 e. The monoisotopic (exact) mass is 390 g/mol. The van der Waals surface area contributed by atoms with Crippen LogP contribution in [0.1, 0.15) is 36.5 Å². The lowest BCUT2D eigenvalue weighted by Crippen LogP contribution is -2.54. The quantitative estimate of drug-likeness (QED) is 0.656. The molecule has 1 amide bonds. The average Bonchev–Trinajstić information content (AvgIpc) is 2.62. The van der Waals surface area contributed by atoms with Crippen LogP contribution < -0.4 is 10.5 Å². The summed E-state index contributed by atoms with van der Waals surface area (Å²) < 4.78 is 19.1. The topological polar surface area (TPSA) is 96.0 Å². The molecule has 0 radical (unpaired) electrons. The molecule has 0 aromatic heterocycles. The van der Waals surface area contributed by atoms with E-state index in [2.05, 4.69) is 0 Å². The molecule has 0 spiro atoms. The number of nitrogens with two attached hydrogens (primary N) is 1. The van der Waals surface area contributed by atoms with Crippen molar-refractivity contribution >= 4 is 18.3 Å². The van der Waals surface area contributed by atoms with E-state index in [9.17, 15) is 19.4 Å². The predicted molar refractivity (Wildman–Crippen MR) is 99.2 cm³/mol. The van der Waals surface area contributed by atoms with Crippen LogP contribution >= 0.6 is 12.4 Å². The minimum absolute atomic E-state index is 0. The minimum atomic E-state index is -0.822. The van der Waals surface area contributed by atoms with E-state index in [1.807, 2.05) is 6.92 Å². The normalized spacial score (nSPS) is 22.7. The molecule has 1 aliphatic rings. The van der Waals surface area contributed by atoms with Gasteiger partial charge in [0.25, 0.3) is 5.91 Å². The molecule has 2 rings (SSSR count). The summed E-state index contributed by atoms with van der Waals surface area (Å²) in [5.41, 5.74) is 4.96. The number of β-amino-alcohol motifs (C(OH)–C–C–N with tert-alkyl or cyclic N) is 1. The molecular formula is C18H28ClFN2O4. The highest BCUT2D eigenvalue weighted by molar-refractivity contribution is 5.97. The SMILES string of the molecule is CCC[C@]1(CO)CCN(C(=O)c2cc(F)ccc2OCCN)C[C@@H]1O.Cl. The number of rotatable bonds is 7. The zero-order valence-electron chi connectivity index (χ0n) is 15.0. The van der Waals surface area contributed by atoms with Gasteiger partial charge in [0, 0.05) is 25.0 Å². The number of ether oxygens (including phenoxy) is 1. The number of amides is 1. The molecule has 1 saturated heterocycles. The molecule has 8 heteroatoms. The summed E-state index contributed by atoms with van der Waals surface area (Å²) >= 11 is 0. The maximum absolute atomic E-state index is 13.6. The van der Waals surface area contributed by atoms with Crippen LogP contribution in [0.25, 0.3) is 0 Å². The fourth-order valence-corrected chi connectivity index (χ4v) is 3.39. The van der Waals surface area contributed by atoms with Gasteiger partial charge in [0.15, 0.2) is 0 Å². The Bertz CT molecular complexity index is 605. The second kappa shape index (κ2) is 10.1. The van der Waals surface area contributed by atoms with Crippen LogP contribution in [0, 0.1) is 11.2 Å². The van der Waals surface area contributed by atoms with Crippen molar-refractivity contribution in [2.75, 3.05) is 32.8 Å². The van der Waals surface area contributed by atoms with Gasteiger partial charge in [-0.25, -0.2) is 4.39 Å². The van der Waals surface area contributed by atoms with Gasteiger partial charge in [-0.1, -0.05) is 13.3 Å². The first kappa shape index (κ1) is 22.6. The number of benzene rings is 1. The number of hydrogen-bond acceptors (Lipinski definition) is 5. The number of likely N-dealkylation sites (tertiary alicyclic amines) is 1. The van der Waals surface area contributed by atoms with E-state index in [4.69, 9.17) is 10.5 Å². The molecule has 1 aromatic carbocycles. The van der Waals surface area contributed by atoms with Gasteiger partial charge in [0.1, 0.15) is 18.2 Å². The smallest absolute Gasteiger partial charge is 0.257 e. The second-order valence-electron chi connectivity index (χ2n) is 6.57. The predicted octanol–water partition coefficient (Wildman–Crippen LogP) is 1.57. The maximum Gasteiger partial charge on any atom is 0.257 e. The van der Waals surface area contributed by atoms with Crippen LogP contribution in [0.5, 0.6) is 5.75 Å². The fraction of sp³-hybridized carbons (Fsp3) is 0.611. The van der Waals surface area contributed by atoms with Crippen molar-refractivity contribution in [3.63, 3.8) is 0 Å². The number of aliphatic hydroxyl groups is 2. The zero-order chi connectivity index (χ0) is 18.4.